The molecule has 0 fully saturated rings. The second kappa shape index (κ2) is 6.35. The summed E-state index contributed by atoms with van der Waals surface area (Å²) in [6.07, 6.45) is 1.16. The Balaban J connectivity index is 2.10. The van der Waals surface area contributed by atoms with Crippen LogP contribution in [-0.4, -0.2) is 22.2 Å². The second-order valence-electron chi connectivity index (χ2n) is 4.20. The molecule has 0 radical (unpaired) electrons. The van der Waals surface area contributed by atoms with E-state index in [0.717, 1.165) is 18.3 Å². The van der Waals surface area contributed by atoms with Gasteiger partial charge in [0.25, 0.3) is 11.6 Å². The monoisotopic (exact) mass is 300 g/mol. The molecule has 0 unspecified atom stereocenters. The van der Waals surface area contributed by atoms with Crippen molar-refractivity contribution in [2.24, 2.45) is 5.10 Å². The van der Waals surface area contributed by atoms with Crippen molar-refractivity contribution in [3.8, 4) is 11.5 Å². The fourth-order valence-corrected chi connectivity index (χ4v) is 1.65. The van der Waals surface area contributed by atoms with Crippen molar-refractivity contribution in [1.29, 1.82) is 0 Å². The molecular formula is C14H10N3O5-. The Hall–Kier alpha value is -3.42. The molecule has 0 aliphatic carbocycles. The second-order valence-corrected chi connectivity index (χ2v) is 4.20. The molecule has 0 atom stereocenters. The number of hydrogen-bond acceptors (Lipinski definition) is 6. The number of benzene rings is 2. The maximum Gasteiger partial charge on any atom is 0.275 e. The number of phenolic OH excluding ortho intramolecular Hbond substituents is 1. The number of aromatic hydroxyl groups is 1. The minimum Gasteiger partial charge on any atom is -0.868 e. The zero-order valence-electron chi connectivity index (χ0n) is 11.1. The first-order chi connectivity index (χ1) is 10.5. The van der Waals surface area contributed by atoms with Crippen molar-refractivity contribution >= 4 is 17.8 Å². The van der Waals surface area contributed by atoms with Crippen LogP contribution in [0.15, 0.2) is 47.6 Å². The van der Waals surface area contributed by atoms with E-state index in [4.69, 9.17) is 0 Å². The lowest BCUT2D eigenvalue weighted by Crippen LogP contribution is -2.17. The first kappa shape index (κ1) is 15.0. The summed E-state index contributed by atoms with van der Waals surface area (Å²) in [6.45, 7) is 0. The van der Waals surface area contributed by atoms with Crippen molar-refractivity contribution in [1.82, 2.24) is 5.43 Å². The zero-order valence-corrected chi connectivity index (χ0v) is 11.1. The van der Waals surface area contributed by atoms with E-state index < -0.39 is 22.3 Å². The van der Waals surface area contributed by atoms with Crippen LogP contribution in [0.1, 0.15) is 15.9 Å². The van der Waals surface area contributed by atoms with E-state index >= 15 is 0 Å². The highest BCUT2D eigenvalue weighted by molar-refractivity contribution is 5.97. The number of phenols is 1. The van der Waals surface area contributed by atoms with Gasteiger partial charge in [-0.25, -0.2) is 5.43 Å². The van der Waals surface area contributed by atoms with E-state index in [-0.39, 0.29) is 16.9 Å². The largest absolute Gasteiger partial charge is 0.868 e. The van der Waals surface area contributed by atoms with E-state index in [1.807, 2.05) is 0 Å². The van der Waals surface area contributed by atoms with Gasteiger partial charge in [-0.2, -0.15) is 5.10 Å². The summed E-state index contributed by atoms with van der Waals surface area (Å²) < 4.78 is 0. The maximum atomic E-state index is 11.7. The molecule has 22 heavy (non-hydrogen) atoms. The third-order valence-corrected chi connectivity index (χ3v) is 2.71. The van der Waals surface area contributed by atoms with Crippen molar-refractivity contribution in [2.75, 3.05) is 0 Å². The van der Waals surface area contributed by atoms with Gasteiger partial charge in [0.1, 0.15) is 5.75 Å². The summed E-state index contributed by atoms with van der Waals surface area (Å²) in [5.41, 5.74) is 1.92. The summed E-state index contributed by atoms with van der Waals surface area (Å²) >= 11 is 0. The number of amides is 1. The van der Waals surface area contributed by atoms with Gasteiger partial charge >= 0.3 is 0 Å². The van der Waals surface area contributed by atoms with Gasteiger partial charge in [-0.3, -0.25) is 14.9 Å². The van der Waals surface area contributed by atoms with Crippen LogP contribution in [0, 0.1) is 10.1 Å². The highest BCUT2D eigenvalue weighted by Gasteiger charge is 2.09. The Kier molecular flexibility index (Phi) is 4.33. The molecule has 8 heteroatoms. The average molecular weight is 300 g/mol. The first-order valence-electron chi connectivity index (χ1n) is 6.06. The molecule has 8 nitrogen and oxygen atoms in total. The molecule has 112 valence electrons. The Morgan fingerprint density at radius 2 is 2.00 bits per heavy atom. The first-order valence-corrected chi connectivity index (χ1v) is 6.06. The van der Waals surface area contributed by atoms with Crippen molar-refractivity contribution in [3.63, 3.8) is 0 Å². The number of nitrogens with one attached hydrogen (secondary N) is 1. The third kappa shape index (κ3) is 3.37. The number of carbonyl (C=O) groups excluding carboxylic acids is 1. The standard InChI is InChI=1S/C14H11N3O5/c18-12-4-2-1-3-10(12)14(20)16-15-8-9-5-6-13(19)11(7-9)17(21)22/h1-8,18-19H,(H,16,20)/p-1/b15-8+. The number of hydrogen-bond donors (Lipinski definition) is 2. The van der Waals surface area contributed by atoms with Crippen LogP contribution in [0.3, 0.4) is 0 Å². The SMILES string of the molecule is O=C(N/N=C/c1ccc([O-])c([N+](=O)[O-])c1)c1ccccc1O. The van der Waals surface area contributed by atoms with Crippen LogP contribution in [0.5, 0.6) is 11.5 Å². The molecule has 0 aliphatic heterocycles. The predicted octanol–water partition coefficient (Wildman–Crippen LogP) is 1.14. The normalized spacial score (nSPS) is 10.5. The van der Waals surface area contributed by atoms with Gasteiger partial charge in [0, 0.05) is 11.6 Å². The van der Waals surface area contributed by atoms with Crippen LogP contribution >= 0.6 is 0 Å². The highest BCUT2D eigenvalue weighted by Crippen LogP contribution is 2.22. The number of para-hydroxylation sites is 1. The van der Waals surface area contributed by atoms with Crippen molar-refractivity contribution < 1.29 is 19.9 Å². The van der Waals surface area contributed by atoms with E-state index in [1.54, 1.807) is 12.1 Å². The van der Waals surface area contributed by atoms with E-state index in [2.05, 4.69) is 10.5 Å². The third-order valence-electron chi connectivity index (χ3n) is 2.71. The molecule has 0 heterocycles. The summed E-state index contributed by atoms with van der Waals surface area (Å²) in [5.74, 6) is -1.54. The summed E-state index contributed by atoms with van der Waals surface area (Å²) in [7, 11) is 0. The Morgan fingerprint density at radius 1 is 1.27 bits per heavy atom. The number of carbonyl (C=O) groups is 1. The van der Waals surface area contributed by atoms with Crippen molar-refractivity contribution in [2.45, 2.75) is 0 Å². The quantitative estimate of drug-likeness (QED) is 0.497. The fourth-order valence-electron chi connectivity index (χ4n) is 1.65. The maximum absolute atomic E-state index is 11.7. The van der Waals surface area contributed by atoms with E-state index in [9.17, 15) is 25.1 Å². The molecule has 0 spiro atoms. The molecule has 0 bridgehead atoms. The molecule has 2 aromatic carbocycles. The highest BCUT2D eigenvalue weighted by atomic mass is 16.6. The lowest BCUT2D eigenvalue weighted by atomic mass is 10.2. The lowest BCUT2D eigenvalue weighted by molar-refractivity contribution is -0.398. The minimum absolute atomic E-state index is 0.0422. The summed E-state index contributed by atoms with van der Waals surface area (Å²) in [4.78, 5) is 21.6. The van der Waals surface area contributed by atoms with Gasteiger partial charge in [-0.15, -0.1) is 0 Å². The van der Waals surface area contributed by atoms with Gasteiger partial charge in [0.15, 0.2) is 0 Å². The number of nitrogens with zero attached hydrogens (tertiary/aromatic N) is 2. The number of hydrazone groups is 1. The van der Waals surface area contributed by atoms with Crippen LogP contribution in [0.25, 0.3) is 0 Å². The molecule has 0 saturated heterocycles. The molecule has 2 aromatic rings. The van der Waals surface area contributed by atoms with Crippen LogP contribution in [0.4, 0.5) is 5.69 Å². The molecule has 1 amide bonds. The molecular weight excluding hydrogens is 290 g/mol. The molecule has 2 rings (SSSR count). The van der Waals surface area contributed by atoms with E-state index in [1.165, 1.54) is 18.2 Å². The molecule has 2 N–H and O–H groups in total. The van der Waals surface area contributed by atoms with Gasteiger partial charge in [0.05, 0.1) is 16.7 Å². The number of nitro groups is 1. The summed E-state index contributed by atoms with van der Waals surface area (Å²) in [5, 5.41) is 35.0. The molecule has 0 saturated carbocycles. The smallest absolute Gasteiger partial charge is 0.275 e. The number of rotatable bonds is 4. The van der Waals surface area contributed by atoms with E-state index in [0.29, 0.717) is 0 Å². The minimum atomic E-state index is -0.791. The average Bonchev–Trinajstić information content (AvgIpc) is 2.49. The lowest BCUT2D eigenvalue weighted by Gasteiger charge is -2.06. The Labute approximate surface area is 124 Å². The molecule has 0 aromatic heterocycles. The van der Waals surface area contributed by atoms with Crippen LogP contribution in [0.2, 0.25) is 0 Å². The fraction of sp³-hybridized carbons (Fsp3) is 0. The topological polar surface area (TPSA) is 128 Å². The van der Waals surface area contributed by atoms with Crippen molar-refractivity contribution in [3.05, 3.63) is 63.7 Å². The van der Waals surface area contributed by atoms with Gasteiger partial charge in [-0.1, -0.05) is 24.3 Å². The molecule has 0 aliphatic rings. The van der Waals surface area contributed by atoms with Gasteiger partial charge in [0.2, 0.25) is 0 Å². The van der Waals surface area contributed by atoms with Gasteiger partial charge < -0.3 is 10.2 Å². The number of nitro benzene ring substituents is 1. The summed E-state index contributed by atoms with van der Waals surface area (Å²) in [6, 6.07) is 9.35. The predicted molar refractivity (Wildman–Crippen MR) is 75.7 cm³/mol. The Morgan fingerprint density at radius 3 is 2.68 bits per heavy atom. The van der Waals surface area contributed by atoms with Crippen LogP contribution in [-0.2, 0) is 0 Å². The zero-order chi connectivity index (χ0) is 16.1. The Bertz CT molecular complexity index is 758. The van der Waals surface area contributed by atoms with Gasteiger partial charge in [-0.05, 0) is 17.9 Å². The van der Waals surface area contributed by atoms with Crippen LogP contribution < -0.4 is 10.5 Å².